The molecule has 0 spiro atoms. The number of rotatable bonds is 1. The molecule has 0 bridgehead atoms. The molecule has 1 aromatic carbocycles. The molecule has 0 saturated carbocycles. The molecule has 1 aromatic rings. The van der Waals surface area contributed by atoms with Crippen molar-refractivity contribution in [1.82, 2.24) is 4.90 Å². The van der Waals surface area contributed by atoms with Gasteiger partial charge in [-0.05, 0) is 51.2 Å². The van der Waals surface area contributed by atoms with Gasteiger partial charge in [-0.1, -0.05) is 18.2 Å². The van der Waals surface area contributed by atoms with Crippen molar-refractivity contribution in [3.05, 3.63) is 29.8 Å². The summed E-state index contributed by atoms with van der Waals surface area (Å²) in [6, 6.07) is 8.78. The van der Waals surface area contributed by atoms with E-state index in [4.69, 9.17) is 4.74 Å². The molecule has 1 saturated heterocycles. The zero-order valence-electron chi connectivity index (χ0n) is 12.3. The lowest BCUT2D eigenvalue weighted by atomic mass is 9.91. The Bertz CT molecular complexity index is 490. The Morgan fingerprint density at radius 2 is 1.90 bits per heavy atom. The molecule has 3 heteroatoms. The van der Waals surface area contributed by atoms with Crippen LogP contribution in [-0.4, -0.2) is 29.5 Å². The van der Waals surface area contributed by atoms with E-state index in [2.05, 4.69) is 24.8 Å². The molecule has 2 aliphatic rings. The van der Waals surface area contributed by atoms with Gasteiger partial charge in [-0.3, -0.25) is 4.79 Å². The predicted molar refractivity (Wildman–Crippen MR) is 78.8 cm³/mol. The topological polar surface area (TPSA) is 29.5 Å². The molecule has 0 aromatic heterocycles. The standard InChI is InChI=1S/C17H23NO2/c1-12-6-5-7-13(2)18(12)17(19)15-10-14-8-3-4-9-16(14)20-11-15/h3-4,8-9,12-13,15H,5-7,10-11H2,1-2H3/t12-,13+,15-/m1/s1. The molecule has 0 aliphatic carbocycles. The van der Waals surface area contributed by atoms with Crippen LogP contribution in [0.3, 0.4) is 0 Å². The zero-order chi connectivity index (χ0) is 14.1. The van der Waals surface area contributed by atoms with E-state index in [1.165, 1.54) is 6.42 Å². The van der Waals surface area contributed by atoms with E-state index in [1.807, 2.05) is 18.2 Å². The first-order valence-corrected chi connectivity index (χ1v) is 7.69. The Morgan fingerprint density at radius 3 is 2.65 bits per heavy atom. The summed E-state index contributed by atoms with van der Waals surface area (Å²) in [5, 5.41) is 0. The molecule has 3 atom stereocenters. The van der Waals surface area contributed by atoms with Crippen LogP contribution in [0.25, 0.3) is 0 Å². The predicted octanol–water partition coefficient (Wildman–Crippen LogP) is 3.03. The van der Waals surface area contributed by atoms with Crippen molar-refractivity contribution < 1.29 is 9.53 Å². The van der Waals surface area contributed by atoms with Crippen molar-refractivity contribution >= 4 is 5.91 Å². The summed E-state index contributed by atoms with van der Waals surface area (Å²) in [4.78, 5) is 14.9. The second-order valence-electron chi connectivity index (χ2n) is 6.19. The number of likely N-dealkylation sites (tertiary alicyclic amines) is 1. The summed E-state index contributed by atoms with van der Waals surface area (Å²) in [6.07, 6.45) is 4.29. The van der Waals surface area contributed by atoms with Crippen LogP contribution < -0.4 is 4.74 Å². The third-order valence-electron chi connectivity index (χ3n) is 4.68. The summed E-state index contributed by atoms with van der Waals surface area (Å²) in [7, 11) is 0. The SMILES string of the molecule is C[C@@H]1CCC[C@H](C)N1C(=O)[C@H]1COc2ccccc2C1. The fourth-order valence-corrected chi connectivity index (χ4v) is 3.55. The molecule has 3 nitrogen and oxygen atoms in total. The van der Waals surface area contributed by atoms with Crippen molar-refractivity contribution in [3.63, 3.8) is 0 Å². The van der Waals surface area contributed by atoms with E-state index in [-0.39, 0.29) is 11.8 Å². The van der Waals surface area contributed by atoms with Crippen LogP contribution in [0.15, 0.2) is 24.3 Å². The van der Waals surface area contributed by atoms with Gasteiger partial charge in [-0.2, -0.15) is 0 Å². The highest BCUT2D eigenvalue weighted by Crippen LogP contribution is 2.30. The number of fused-ring (bicyclic) bond motifs is 1. The molecule has 3 rings (SSSR count). The Hall–Kier alpha value is -1.51. The van der Waals surface area contributed by atoms with Crippen LogP contribution >= 0.6 is 0 Å². The van der Waals surface area contributed by atoms with Gasteiger partial charge in [0.1, 0.15) is 12.4 Å². The molecule has 1 amide bonds. The van der Waals surface area contributed by atoms with Crippen molar-refractivity contribution in [2.24, 2.45) is 5.92 Å². The molecule has 1 fully saturated rings. The lowest BCUT2D eigenvalue weighted by Crippen LogP contribution is -2.51. The van der Waals surface area contributed by atoms with E-state index in [9.17, 15) is 4.79 Å². The fraction of sp³-hybridized carbons (Fsp3) is 0.588. The number of carbonyl (C=O) groups is 1. The molecular formula is C17H23NO2. The lowest BCUT2D eigenvalue weighted by Gasteiger charge is -2.41. The number of ether oxygens (including phenoxy) is 1. The molecule has 20 heavy (non-hydrogen) atoms. The summed E-state index contributed by atoms with van der Waals surface area (Å²) in [6.45, 7) is 4.86. The number of amides is 1. The number of nitrogens with zero attached hydrogens (tertiary/aromatic N) is 1. The van der Waals surface area contributed by atoms with Crippen molar-refractivity contribution in [2.75, 3.05) is 6.61 Å². The normalized spacial score (nSPS) is 29.5. The Labute approximate surface area is 120 Å². The van der Waals surface area contributed by atoms with Gasteiger partial charge in [0.15, 0.2) is 0 Å². The van der Waals surface area contributed by atoms with Crippen molar-refractivity contribution in [3.8, 4) is 5.75 Å². The lowest BCUT2D eigenvalue weighted by molar-refractivity contribution is -0.143. The molecule has 2 aliphatic heterocycles. The van der Waals surface area contributed by atoms with E-state index in [1.54, 1.807) is 0 Å². The van der Waals surface area contributed by atoms with Crippen LogP contribution in [0, 0.1) is 5.92 Å². The van der Waals surface area contributed by atoms with E-state index >= 15 is 0 Å². The average molecular weight is 273 g/mol. The molecule has 0 radical (unpaired) electrons. The van der Waals surface area contributed by atoms with Crippen molar-refractivity contribution in [1.29, 1.82) is 0 Å². The highest BCUT2D eigenvalue weighted by Gasteiger charge is 2.35. The quantitative estimate of drug-likeness (QED) is 0.787. The third-order valence-corrected chi connectivity index (χ3v) is 4.68. The minimum atomic E-state index is -0.0205. The van der Waals surface area contributed by atoms with Gasteiger partial charge in [-0.25, -0.2) is 0 Å². The molecule has 0 unspecified atom stereocenters. The van der Waals surface area contributed by atoms with Crippen molar-refractivity contribution in [2.45, 2.75) is 51.6 Å². The maximum absolute atomic E-state index is 12.8. The zero-order valence-corrected chi connectivity index (χ0v) is 12.3. The Morgan fingerprint density at radius 1 is 1.20 bits per heavy atom. The number of benzene rings is 1. The first kappa shape index (κ1) is 13.5. The van der Waals surface area contributed by atoms with E-state index in [0.717, 1.165) is 30.6 Å². The molecule has 108 valence electrons. The third kappa shape index (κ3) is 2.41. The summed E-state index contributed by atoms with van der Waals surface area (Å²) in [5.41, 5.74) is 1.16. The largest absolute Gasteiger partial charge is 0.492 e. The fourth-order valence-electron chi connectivity index (χ4n) is 3.55. The van der Waals surface area contributed by atoms with Gasteiger partial charge >= 0.3 is 0 Å². The highest BCUT2D eigenvalue weighted by atomic mass is 16.5. The number of carbonyl (C=O) groups excluding carboxylic acids is 1. The van der Waals surface area contributed by atoms with Crippen LogP contribution in [-0.2, 0) is 11.2 Å². The van der Waals surface area contributed by atoms with Gasteiger partial charge in [-0.15, -0.1) is 0 Å². The second kappa shape index (κ2) is 5.47. The Balaban J connectivity index is 1.75. The van der Waals surface area contributed by atoms with E-state index in [0.29, 0.717) is 18.7 Å². The van der Waals surface area contributed by atoms with Crippen LogP contribution in [0.5, 0.6) is 5.75 Å². The highest BCUT2D eigenvalue weighted by molar-refractivity contribution is 5.80. The summed E-state index contributed by atoms with van der Waals surface area (Å²) in [5.74, 6) is 1.20. The number of hydrogen-bond donors (Lipinski definition) is 0. The molecular weight excluding hydrogens is 250 g/mol. The monoisotopic (exact) mass is 273 g/mol. The smallest absolute Gasteiger partial charge is 0.229 e. The van der Waals surface area contributed by atoms with Crippen LogP contribution in [0.2, 0.25) is 0 Å². The minimum Gasteiger partial charge on any atom is -0.492 e. The maximum atomic E-state index is 12.8. The first-order chi connectivity index (χ1) is 9.66. The van der Waals surface area contributed by atoms with E-state index < -0.39 is 0 Å². The van der Waals surface area contributed by atoms with Crippen LogP contribution in [0.4, 0.5) is 0 Å². The Kier molecular flexibility index (Phi) is 3.68. The van der Waals surface area contributed by atoms with Crippen LogP contribution in [0.1, 0.15) is 38.7 Å². The number of hydrogen-bond acceptors (Lipinski definition) is 2. The number of piperidine rings is 1. The second-order valence-corrected chi connectivity index (χ2v) is 6.19. The molecule has 0 N–H and O–H groups in total. The summed E-state index contributed by atoms with van der Waals surface area (Å²) < 4.78 is 5.77. The van der Waals surface area contributed by atoms with Gasteiger partial charge in [0, 0.05) is 12.1 Å². The van der Waals surface area contributed by atoms with Gasteiger partial charge < -0.3 is 9.64 Å². The summed E-state index contributed by atoms with van der Waals surface area (Å²) >= 11 is 0. The van der Waals surface area contributed by atoms with Gasteiger partial charge in [0.2, 0.25) is 5.91 Å². The van der Waals surface area contributed by atoms with Gasteiger partial charge in [0.05, 0.1) is 5.92 Å². The maximum Gasteiger partial charge on any atom is 0.229 e. The molecule has 2 heterocycles. The number of para-hydroxylation sites is 1. The van der Waals surface area contributed by atoms with Gasteiger partial charge in [0.25, 0.3) is 0 Å². The minimum absolute atomic E-state index is 0.0205. The first-order valence-electron chi connectivity index (χ1n) is 7.69. The average Bonchev–Trinajstić information content (AvgIpc) is 2.46.